The number of halogens is 2. The molecule has 6 aliphatic rings. The van der Waals surface area contributed by atoms with Crippen molar-refractivity contribution in [2.24, 2.45) is 11.8 Å². The molecule has 3 atom stereocenters. The molecule has 1 unspecified atom stereocenters. The van der Waals surface area contributed by atoms with E-state index in [1.54, 1.807) is 12.1 Å². The molecule has 5 fully saturated rings. The molecule has 10 rings (SSSR count). The largest absolute Gasteiger partial charge is 0.502 e. The molecule has 1 aromatic heterocycles. The van der Waals surface area contributed by atoms with Crippen LogP contribution >= 0.6 is 23.2 Å². The van der Waals surface area contributed by atoms with Gasteiger partial charge in [0.25, 0.3) is 11.8 Å². The maximum absolute atomic E-state index is 13.4. The van der Waals surface area contributed by atoms with Gasteiger partial charge in [0.05, 0.1) is 40.9 Å². The van der Waals surface area contributed by atoms with Crippen molar-refractivity contribution in [3.05, 3.63) is 111 Å². The van der Waals surface area contributed by atoms with Crippen molar-refractivity contribution in [3.63, 3.8) is 0 Å². The third-order valence-electron chi connectivity index (χ3n) is 14.8. The number of benzene rings is 3. The van der Waals surface area contributed by atoms with Crippen molar-refractivity contribution in [1.29, 1.82) is 0 Å². The van der Waals surface area contributed by atoms with E-state index in [4.69, 9.17) is 44.2 Å². The lowest BCUT2D eigenvalue weighted by Gasteiger charge is -2.49. The summed E-state index contributed by atoms with van der Waals surface area (Å²) in [5.74, 6) is 1.38. The average Bonchev–Trinajstić information content (AvgIpc) is 3.98. The quantitative estimate of drug-likeness (QED) is 0.0910. The van der Waals surface area contributed by atoms with Crippen LogP contribution < -0.4 is 24.6 Å². The SMILES string of the molecule is [C-]#[N+]c1cc(C(C)(C)c2ccc(OCc3ccnc(N4C[C@@H]5CN(C6CCN(C7CN(c8ccc9c(c8)C(=O)N(C8CCC(=O)NC8=O)C9=O)C7)CC6)C[C@@H]5C4)n3)cc2)cc(Cl)c1OCCCl. The molecule has 0 radical (unpaired) electrons. The first-order chi connectivity index (χ1) is 32.4. The normalized spacial score (nSPS) is 22.7. The number of carbonyl (C=O) groups is 4. The maximum atomic E-state index is 13.4. The van der Waals surface area contributed by atoms with Crippen LogP contribution in [-0.2, 0) is 21.6 Å². The monoisotopic (exact) mass is 945 g/mol. The van der Waals surface area contributed by atoms with Crippen molar-refractivity contribution in [2.75, 3.05) is 74.6 Å². The van der Waals surface area contributed by atoms with Crippen LogP contribution in [0, 0.1) is 18.4 Å². The van der Waals surface area contributed by atoms with Crippen LogP contribution in [0.2, 0.25) is 5.02 Å². The minimum absolute atomic E-state index is 0.0971. The molecule has 17 heteroatoms. The lowest BCUT2D eigenvalue weighted by molar-refractivity contribution is -0.136. The Kier molecular flexibility index (Phi) is 12.3. The fraction of sp³-hybridized carbons (Fsp3) is 0.460. The van der Waals surface area contributed by atoms with Gasteiger partial charge in [0.15, 0.2) is 0 Å². The Labute approximate surface area is 400 Å². The van der Waals surface area contributed by atoms with Gasteiger partial charge in [-0.05, 0) is 90.8 Å². The molecule has 1 N–H and O–H groups in total. The van der Waals surface area contributed by atoms with Crippen molar-refractivity contribution in [3.8, 4) is 11.5 Å². The lowest BCUT2D eigenvalue weighted by Crippen LogP contribution is -2.62. The van der Waals surface area contributed by atoms with Gasteiger partial charge in [-0.2, -0.15) is 0 Å². The van der Waals surface area contributed by atoms with Crippen LogP contribution in [0.25, 0.3) is 4.85 Å². The van der Waals surface area contributed by atoms with Gasteiger partial charge in [-0.15, -0.1) is 11.6 Å². The third kappa shape index (κ3) is 8.69. The molecule has 7 heterocycles. The zero-order valence-electron chi connectivity index (χ0n) is 37.6. The van der Waals surface area contributed by atoms with Crippen LogP contribution in [0.5, 0.6) is 11.5 Å². The number of carbonyl (C=O) groups excluding carboxylic acids is 4. The molecule has 67 heavy (non-hydrogen) atoms. The van der Waals surface area contributed by atoms with Gasteiger partial charge in [0.1, 0.15) is 24.1 Å². The number of aromatic nitrogens is 2. The van der Waals surface area contributed by atoms with Crippen molar-refractivity contribution in [1.82, 2.24) is 30.0 Å². The highest BCUT2D eigenvalue weighted by molar-refractivity contribution is 6.32. The second kappa shape index (κ2) is 18.4. The third-order valence-corrected chi connectivity index (χ3v) is 15.3. The zero-order chi connectivity index (χ0) is 46.6. The molecular formula is C50H53Cl2N9O6. The number of hydrogen-bond acceptors (Lipinski definition) is 12. The molecule has 348 valence electrons. The summed E-state index contributed by atoms with van der Waals surface area (Å²) >= 11 is 12.4. The van der Waals surface area contributed by atoms with E-state index in [1.807, 2.05) is 54.7 Å². The number of rotatable bonds is 13. The molecule has 0 saturated carbocycles. The Morgan fingerprint density at radius 3 is 2.24 bits per heavy atom. The van der Waals surface area contributed by atoms with Gasteiger partial charge in [-0.25, -0.2) is 14.8 Å². The summed E-state index contributed by atoms with van der Waals surface area (Å²) in [6.07, 6.45) is 4.36. The number of likely N-dealkylation sites (tertiary alicyclic amines) is 2. The van der Waals surface area contributed by atoms with Crippen LogP contribution in [0.1, 0.15) is 77.1 Å². The summed E-state index contributed by atoms with van der Waals surface area (Å²) < 4.78 is 11.9. The Morgan fingerprint density at radius 1 is 0.806 bits per heavy atom. The van der Waals surface area contributed by atoms with E-state index in [2.05, 4.69) is 48.6 Å². The van der Waals surface area contributed by atoms with E-state index >= 15 is 0 Å². The predicted molar refractivity (Wildman–Crippen MR) is 253 cm³/mol. The predicted octanol–water partition coefficient (Wildman–Crippen LogP) is 6.33. The van der Waals surface area contributed by atoms with Gasteiger partial charge in [0.2, 0.25) is 23.5 Å². The Balaban J connectivity index is 0.670. The number of ether oxygens (including phenoxy) is 2. The number of piperidine rings is 2. The topological polar surface area (TPSA) is 145 Å². The first-order valence-corrected chi connectivity index (χ1v) is 24.1. The van der Waals surface area contributed by atoms with Gasteiger partial charge in [-0.3, -0.25) is 39.2 Å². The number of nitrogens with zero attached hydrogens (tertiary/aromatic N) is 8. The van der Waals surface area contributed by atoms with Crippen molar-refractivity contribution < 1.29 is 28.7 Å². The highest BCUT2D eigenvalue weighted by Gasteiger charge is 2.46. The zero-order valence-corrected chi connectivity index (χ0v) is 39.1. The summed E-state index contributed by atoms with van der Waals surface area (Å²) in [7, 11) is 0. The van der Waals surface area contributed by atoms with Gasteiger partial charge < -0.3 is 19.3 Å². The smallest absolute Gasteiger partial charge is 0.262 e. The average molecular weight is 947 g/mol. The van der Waals surface area contributed by atoms with Gasteiger partial charge in [-0.1, -0.05) is 37.6 Å². The second-order valence-electron chi connectivity index (χ2n) is 19.1. The van der Waals surface area contributed by atoms with Crippen LogP contribution in [0.15, 0.2) is 66.9 Å². The molecule has 15 nitrogen and oxygen atoms in total. The number of amides is 4. The molecule has 3 aromatic carbocycles. The molecule has 5 saturated heterocycles. The van der Waals surface area contributed by atoms with Crippen LogP contribution in [-0.4, -0.2) is 131 Å². The molecular weight excluding hydrogens is 894 g/mol. The second-order valence-corrected chi connectivity index (χ2v) is 19.9. The van der Waals surface area contributed by atoms with Crippen LogP contribution in [0.4, 0.5) is 17.3 Å². The summed E-state index contributed by atoms with van der Waals surface area (Å²) in [6.45, 7) is 20.4. The van der Waals surface area contributed by atoms with E-state index in [1.165, 1.54) is 0 Å². The van der Waals surface area contributed by atoms with E-state index in [0.29, 0.717) is 64.0 Å². The molecule has 0 spiro atoms. The summed E-state index contributed by atoms with van der Waals surface area (Å²) in [5, 5.41) is 2.64. The van der Waals surface area contributed by atoms with E-state index in [9.17, 15) is 19.2 Å². The number of anilines is 2. The molecule has 6 aliphatic heterocycles. The first-order valence-electron chi connectivity index (χ1n) is 23.2. The fourth-order valence-electron chi connectivity index (χ4n) is 10.9. The minimum Gasteiger partial charge on any atom is -0.502 e. The van der Waals surface area contributed by atoms with E-state index < -0.39 is 29.2 Å². The van der Waals surface area contributed by atoms with Crippen molar-refractivity contribution in [2.45, 2.75) is 69.7 Å². The molecule has 4 aromatic rings. The number of imide groups is 2. The number of fused-ring (bicyclic) bond motifs is 2. The highest BCUT2D eigenvalue weighted by atomic mass is 35.5. The minimum atomic E-state index is -0.966. The standard InChI is InChI=1S/C50H53Cl2N9O6/c1-50(2,33-20-41(52)45(66-19-15-51)42(21-33)53-3)32-4-7-38(8-5-32)67-29-34-12-16-54-49(55-34)60-25-30-23-58(24-31(30)26-60)35-13-17-57(18-14-35)37-27-59(28-37)36-6-9-39-40(22-36)48(65)61(47(39)64)43-10-11-44(62)56-46(43)63/h4-9,12,16,20-22,30-31,35,37,43H,10-11,13-15,17-19,23-29H2,1-2H3,(H,56,62,63)/t30-,31+,43?. The molecule has 0 aliphatic carbocycles. The molecule has 4 amide bonds. The van der Waals surface area contributed by atoms with Crippen molar-refractivity contribution >= 4 is 64.2 Å². The molecule has 0 bridgehead atoms. The highest BCUT2D eigenvalue weighted by Crippen LogP contribution is 2.43. The summed E-state index contributed by atoms with van der Waals surface area (Å²) in [5.41, 5.74) is 4.23. The Bertz CT molecular complexity index is 2630. The lowest BCUT2D eigenvalue weighted by atomic mass is 9.78. The van der Waals surface area contributed by atoms with Gasteiger partial charge >= 0.3 is 0 Å². The fourth-order valence-corrected chi connectivity index (χ4v) is 11.2. The van der Waals surface area contributed by atoms with E-state index in [-0.39, 0.29) is 25.4 Å². The maximum Gasteiger partial charge on any atom is 0.262 e. The van der Waals surface area contributed by atoms with Crippen LogP contribution in [0.3, 0.4) is 0 Å². The summed E-state index contributed by atoms with van der Waals surface area (Å²) in [4.78, 5) is 74.8. The number of nitrogens with one attached hydrogen (secondary N) is 1. The Morgan fingerprint density at radius 2 is 1.54 bits per heavy atom. The first kappa shape index (κ1) is 45.0. The summed E-state index contributed by atoms with van der Waals surface area (Å²) in [6, 6.07) is 19.0. The van der Waals surface area contributed by atoms with Gasteiger partial charge in [0, 0.05) is 88.2 Å². The number of hydrogen-bond donors (Lipinski definition) is 1. The Hall–Kier alpha value is -5.79. The number of alkyl halides is 1. The van der Waals surface area contributed by atoms with E-state index in [0.717, 1.165) is 104 Å².